The van der Waals surface area contributed by atoms with E-state index < -0.39 is 11.0 Å². The summed E-state index contributed by atoms with van der Waals surface area (Å²) in [6, 6.07) is 10.1. The highest BCUT2D eigenvalue weighted by Crippen LogP contribution is 2.35. The SMILES string of the molecule is O=CC1c2cccc([N+](=O)[O-])c2C=CN1Cc1ccc(F)cc1. The van der Waals surface area contributed by atoms with Gasteiger partial charge in [-0.15, -0.1) is 0 Å². The molecule has 0 bridgehead atoms. The molecular formula is C17H13FN2O3. The molecule has 3 rings (SSSR count). The lowest BCUT2D eigenvalue weighted by atomic mass is 9.95. The smallest absolute Gasteiger partial charge is 0.277 e. The first-order valence-corrected chi connectivity index (χ1v) is 7.01. The lowest BCUT2D eigenvalue weighted by Crippen LogP contribution is -2.27. The molecule has 23 heavy (non-hydrogen) atoms. The van der Waals surface area contributed by atoms with E-state index in [2.05, 4.69) is 0 Å². The third-order valence-corrected chi connectivity index (χ3v) is 3.83. The van der Waals surface area contributed by atoms with Gasteiger partial charge in [0.25, 0.3) is 5.69 Å². The van der Waals surface area contributed by atoms with Crippen LogP contribution in [-0.4, -0.2) is 16.1 Å². The van der Waals surface area contributed by atoms with Gasteiger partial charge in [-0.3, -0.25) is 10.1 Å². The minimum Gasteiger partial charge on any atom is -0.359 e. The molecule has 116 valence electrons. The first-order chi connectivity index (χ1) is 11.1. The third-order valence-electron chi connectivity index (χ3n) is 3.83. The topological polar surface area (TPSA) is 63.4 Å². The van der Waals surface area contributed by atoms with Crippen LogP contribution in [0.15, 0.2) is 48.7 Å². The minimum atomic E-state index is -0.611. The van der Waals surface area contributed by atoms with Crippen LogP contribution in [0.5, 0.6) is 0 Å². The largest absolute Gasteiger partial charge is 0.359 e. The minimum absolute atomic E-state index is 0.0213. The number of rotatable bonds is 4. The number of benzene rings is 2. The summed E-state index contributed by atoms with van der Waals surface area (Å²) in [4.78, 5) is 24.0. The van der Waals surface area contributed by atoms with Gasteiger partial charge < -0.3 is 9.69 Å². The van der Waals surface area contributed by atoms with Crippen molar-refractivity contribution in [3.8, 4) is 0 Å². The molecule has 1 aliphatic heterocycles. The molecule has 0 fully saturated rings. The molecule has 5 nitrogen and oxygen atoms in total. The average molecular weight is 312 g/mol. The van der Waals surface area contributed by atoms with Crippen molar-refractivity contribution >= 4 is 18.0 Å². The molecule has 1 atom stereocenters. The van der Waals surface area contributed by atoms with Crippen molar-refractivity contribution in [2.45, 2.75) is 12.6 Å². The van der Waals surface area contributed by atoms with Crippen LogP contribution in [0, 0.1) is 15.9 Å². The van der Waals surface area contributed by atoms with Crippen LogP contribution in [0.1, 0.15) is 22.7 Å². The molecule has 0 N–H and O–H groups in total. The molecule has 0 amide bonds. The van der Waals surface area contributed by atoms with Gasteiger partial charge in [0.05, 0.1) is 10.5 Å². The lowest BCUT2D eigenvalue weighted by molar-refractivity contribution is -0.385. The summed E-state index contributed by atoms with van der Waals surface area (Å²) in [6.07, 6.45) is 4.06. The molecule has 0 radical (unpaired) electrons. The number of carbonyl (C=O) groups is 1. The van der Waals surface area contributed by atoms with Crippen LogP contribution in [-0.2, 0) is 11.3 Å². The highest BCUT2D eigenvalue weighted by molar-refractivity contribution is 5.74. The second-order valence-electron chi connectivity index (χ2n) is 5.23. The summed E-state index contributed by atoms with van der Waals surface area (Å²) in [5.41, 5.74) is 1.87. The van der Waals surface area contributed by atoms with Gasteiger partial charge >= 0.3 is 0 Å². The zero-order valence-corrected chi connectivity index (χ0v) is 12.1. The summed E-state index contributed by atoms with van der Waals surface area (Å²) in [7, 11) is 0. The van der Waals surface area contributed by atoms with Gasteiger partial charge in [0, 0.05) is 18.8 Å². The van der Waals surface area contributed by atoms with E-state index in [1.165, 1.54) is 18.2 Å². The van der Waals surface area contributed by atoms with Crippen LogP contribution < -0.4 is 0 Å². The Labute approximate surface area is 131 Å². The van der Waals surface area contributed by atoms with Crippen molar-refractivity contribution in [2.75, 3.05) is 0 Å². The van der Waals surface area contributed by atoms with Crippen LogP contribution in [0.4, 0.5) is 10.1 Å². The second-order valence-corrected chi connectivity index (χ2v) is 5.23. The number of hydrogen-bond donors (Lipinski definition) is 0. The Morgan fingerprint density at radius 3 is 2.61 bits per heavy atom. The van der Waals surface area contributed by atoms with Crippen molar-refractivity contribution in [1.29, 1.82) is 0 Å². The van der Waals surface area contributed by atoms with Gasteiger partial charge in [0.15, 0.2) is 0 Å². The van der Waals surface area contributed by atoms with Gasteiger partial charge in [0.2, 0.25) is 0 Å². The Morgan fingerprint density at radius 2 is 1.96 bits per heavy atom. The maximum absolute atomic E-state index is 13.0. The molecule has 0 saturated heterocycles. The van der Waals surface area contributed by atoms with Crippen molar-refractivity contribution in [2.24, 2.45) is 0 Å². The van der Waals surface area contributed by atoms with Gasteiger partial charge in [-0.2, -0.15) is 0 Å². The fourth-order valence-electron chi connectivity index (χ4n) is 2.71. The normalized spacial score (nSPS) is 16.0. The van der Waals surface area contributed by atoms with Crippen LogP contribution in [0.25, 0.3) is 6.08 Å². The van der Waals surface area contributed by atoms with E-state index in [0.29, 0.717) is 17.7 Å². The Morgan fingerprint density at radius 1 is 1.22 bits per heavy atom. The first kappa shape index (κ1) is 14.9. The van der Waals surface area contributed by atoms with E-state index in [9.17, 15) is 19.3 Å². The molecule has 1 aliphatic rings. The summed E-state index contributed by atoms with van der Waals surface area (Å²) >= 11 is 0. The molecule has 0 saturated carbocycles. The molecule has 2 aromatic carbocycles. The summed E-state index contributed by atoms with van der Waals surface area (Å²) in [5, 5.41) is 11.1. The quantitative estimate of drug-likeness (QED) is 0.493. The predicted molar refractivity (Wildman–Crippen MR) is 82.9 cm³/mol. The van der Waals surface area contributed by atoms with Gasteiger partial charge in [-0.1, -0.05) is 24.3 Å². The number of nitrogens with zero attached hydrogens (tertiary/aromatic N) is 2. The number of aldehydes is 1. The average Bonchev–Trinajstić information content (AvgIpc) is 2.56. The monoisotopic (exact) mass is 312 g/mol. The second kappa shape index (κ2) is 6.00. The molecule has 2 aromatic rings. The van der Waals surface area contributed by atoms with Crippen molar-refractivity contribution in [3.63, 3.8) is 0 Å². The van der Waals surface area contributed by atoms with E-state index in [1.807, 2.05) is 0 Å². The molecule has 1 unspecified atom stereocenters. The summed E-state index contributed by atoms with van der Waals surface area (Å²) < 4.78 is 13.0. The maximum atomic E-state index is 13.0. The highest BCUT2D eigenvalue weighted by atomic mass is 19.1. The number of halogens is 1. The fourth-order valence-corrected chi connectivity index (χ4v) is 2.71. The summed E-state index contributed by atoms with van der Waals surface area (Å²) in [6.45, 7) is 0.405. The number of nitro benzene ring substituents is 1. The zero-order chi connectivity index (χ0) is 16.4. The van der Waals surface area contributed by atoms with Crippen LogP contribution in [0.3, 0.4) is 0 Å². The number of fused-ring (bicyclic) bond motifs is 1. The Balaban J connectivity index is 1.95. The number of nitro groups is 1. The van der Waals surface area contributed by atoms with Crippen molar-refractivity contribution in [3.05, 3.63) is 81.3 Å². The molecule has 1 heterocycles. The Bertz CT molecular complexity index is 787. The van der Waals surface area contributed by atoms with E-state index in [0.717, 1.165) is 11.8 Å². The maximum Gasteiger partial charge on any atom is 0.277 e. The Hall–Kier alpha value is -3.02. The summed E-state index contributed by atoms with van der Waals surface area (Å²) in [5.74, 6) is -0.323. The Kier molecular flexibility index (Phi) is 3.89. The molecule has 0 aromatic heterocycles. The van der Waals surface area contributed by atoms with Crippen molar-refractivity contribution < 1.29 is 14.1 Å². The fraction of sp³-hybridized carbons (Fsp3) is 0.118. The predicted octanol–water partition coefficient (Wildman–Crippen LogP) is 3.46. The highest BCUT2D eigenvalue weighted by Gasteiger charge is 2.27. The van der Waals surface area contributed by atoms with Gasteiger partial charge in [0.1, 0.15) is 18.1 Å². The van der Waals surface area contributed by atoms with Crippen molar-refractivity contribution in [1.82, 2.24) is 4.90 Å². The molecular weight excluding hydrogens is 299 g/mol. The van der Waals surface area contributed by atoms with Crippen LogP contribution in [0.2, 0.25) is 0 Å². The molecule has 6 heteroatoms. The first-order valence-electron chi connectivity index (χ1n) is 7.01. The van der Waals surface area contributed by atoms with E-state index in [4.69, 9.17) is 0 Å². The zero-order valence-electron chi connectivity index (χ0n) is 12.1. The van der Waals surface area contributed by atoms with E-state index in [-0.39, 0.29) is 11.5 Å². The molecule has 0 spiro atoms. The lowest BCUT2D eigenvalue weighted by Gasteiger charge is -2.31. The van der Waals surface area contributed by atoms with E-state index in [1.54, 1.807) is 41.4 Å². The number of hydrogen-bond acceptors (Lipinski definition) is 4. The van der Waals surface area contributed by atoms with Gasteiger partial charge in [-0.05, 0) is 29.3 Å². The molecule has 0 aliphatic carbocycles. The van der Waals surface area contributed by atoms with Gasteiger partial charge in [-0.25, -0.2) is 4.39 Å². The number of carbonyl (C=O) groups excluding carboxylic acids is 1. The van der Waals surface area contributed by atoms with E-state index >= 15 is 0 Å². The van der Waals surface area contributed by atoms with Crippen LogP contribution >= 0.6 is 0 Å². The third kappa shape index (κ3) is 2.83. The standard InChI is InChI=1S/C17H13FN2O3/c18-13-6-4-12(5-7-13)10-19-9-8-15-14(17(19)11-21)2-1-3-16(15)20(22)23/h1-9,11,17H,10H2.